The summed E-state index contributed by atoms with van der Waals surface area (Å²) < 4.78 is 197. The Kier molecular flexibility index (Phi) is 17.2. The van der Waals surface area contributed by atoms with Gasteiger partial charge >= 0.3 is 93.9 Å². The molecular weight excluding hydrogens is 1040 g/mol. The van der Waals surface area contributed by atoms with Crippen LogP contribution in [0.5, 0.6) is 0 Å². The Hall–Kier alpha value is -7.52. The van der Waals surface area contributed by atoms with Gasteiger partial charge in [-0.3, -0.25) is 9.59 Å². The Labute approximate surface area is 395 Å². The molecule has 4 aromatic rings. The van der Waals surface area contributed by atoms with E-state index >= 15 is 0 Å². The molecule has 2 heterocycles. The second kappa shape index (κ2) is 21.7. The third-order valence-corrected chi connectivity index (χ3v) is 10.3. The van der Waals surface area contributed by atoms with Crippen LogP contribution < -0.4 is 34.1 Å². The summed E-state index contributed by atoms with van der Waals surface area (Å²) in [5, 5.41) is 9.13. The highest BCUT2D eigenvalue weighted by atomic mass is 19.4. The fourth-order valence-corrected chi connectivity index (χ4v) is 6.28. The first-order valence-electron chi connectivity index (χ1n) is 20.1. The molecule has 0 amide bonds. The molecule has 4 rings (SSSR count). The average Bonchev–Trinajstić information content (AvgIpc) is 3.31. The normalized spacial score (nSPS) is 12.7. The Morgan fingerprint density at radius 2 is 0.877 bits per heavy atom. The largest absolute Gasteiger partial charge is 0.473 e. The van der Waals surface area contributed by atoms with E-state index in [1.165, 1.54) is 7.11 Å². The minimum Gasteiger partial charge on any atom is -0.465 e. The first kappa shape index (κ1) is 58.1. The van der Waals surface area contributed by atoms with E-state index in [1.807, 2.05) is 0 Å². The second-order valence-electron chi connectivity index (χ2n) is 14.9. The first-order valence-corrected chi connectivity index (χ1v) is 20.1. The number of esters is 4. The van der Waals surface area contributed by atoms with Crippen LogP contribution in [0.2, 0.25) is 0 Å². The highest BCUT2D eigenvalue weighted by Gasteiger charge is 2.92. The summed E-state index contributed by atoms with van der Waals surface area (Å²) in [7, 11) is 2.87. The lowest BCUT2D eigenvalue weighted by atomic mass is 9.97. The molecule has 0 radical (unpaired) electrons. The van der Waals surface area contributed by atoms with Gasteiger partial charge in [-0.2, -0.15) is 52.7 Å². The van der Waals surface area contributed by atoms with Crippen LogP contribution in [-0.4, -0.2) is 126 Å². The third-order valence-electron chi connectivity index (χ3n) is 10.3. The average molecular weight is 1070 g/mol. The molecule has 2 aromatic carbocycles. The molecule has 402 valence electrons. The van der Waals surface area contributed by atoms with Crippen LogP contribution in [0, 0.1) is 0 Å². The van der Waals surface area contributed by atoms with Crippen LogP contribution in [0.4, 0.5) is 52.7 Å². The standard InChI is InChI=1S/C39H36F12N6O16/c1-52-28(63)53(10-8-24(59)71-17-14-57-32(67)55(12-15-58)31(66)56(33(57)68)13-16-69-2)30(65)54(29(52)64)11-9-25(60)72-38(48,49)36(44,45)34(40,41)35(42,43)37(46,47)39(50,51)73-27(62)23-7-5-20-18-22(26(61)70-3)6-4-21(20)19-23/h4-7,18-19,58H,8-17H2,1-3H3. The number of hydrogen-bond donors (Lipinski definition) is 1. The molecule has 0 aliphatic heterocycles. The molecule has 22 nitrogen and oxygen atoms in total. The fourth-order valence-electron chi connectivity index (χ4n) is 6.28. The molecule has 34 heteroatoms. The van der Waals surface area contributed by atoms with Crippen molar-refractivity contribution in [2.75, 3.05) is 34.0 Å². The number of aliphatic hydroxyl groups excluding tert-OH is 1. The molecule has 0 saturated heterocycles. The van der Waals surface area contributed by atoms with Crippen molar-refractivity contribution in [3.05, 3.63) is 110 Å². The van der Waals surface area contributed by atoms with Crippen LogP contribution in [0.15, 0.2) is 65.2 Å². The summed E-state index contributed by atoms with van der Waals surface area (Å²) in [6.45, 7) is -5.95. The fraction of sp³-hybridized carbons (Fsp3) is 0.487. The lowest BCUT2D eigenvalue weighted by molar-refractivity contribution is -0.467. The summed E-state index contributed by atoms with van der Waals surface area (Å²) in [5.41, 5.74) is -9.84. The number of ether oxygens (including phenoxy) is 5. The lowest BCUT2D eigenvalue weighted by Crippen LogP contribution is -2.71. The molecule has 0 aliphatic rings. The predicted octanol–water partition coefficient (Wildman–Crippen LogP) is 0.923. The SMILES string of the molecule is COCCn1c(=O)n(CCO)c(=O)n(CCOC(=O)CCn2c(=O)n(C)c(=O)n(CCC(=O)OC(F)(F)C(F)(F)C(F)(F)C(F)(F)C(F)(F)C(F)(F)OC(=O)c3ccc4cc(C(=O)OC)ccc4c3)c2=O)c1=O. The number of alkyl halides is 12. The Morgan fingerprint density at radius 1 is 0.493 bits per heavy atom. The van der Waals surface area contributed by atoms with Crippen LogP contribution in [0.1, 0.15) is 33.6 Å². The predicted molar refractivity (Wildman–Crippen MR) is 215 cm³/mol. The van der Waals surface area contributed by atoms with E-state index in [4.69, 9.17) is 9.47 Å². The van der Waals surface area contributed by atoms with Crippen molar-refractivity contribution in [1.29, 1.82) is 0 Å². The monoisotopic (exact) mass is 1070 g/mol. The van der Waals surface area contributed by atoms with Gasteiger partial charge in [0.2, 0.25) is 0 Å². The van der Waals surface area contributed by atoms with Gasteiger partial charge < -0.3 is 28.8 Å². The molecule has 0 saturated carbocycles. The van der Waals surface area contributed by atoms with E-state index in [2.05, 4.69) is 14.2 Å². The van der Waals surface area contributed by atoms with E-state index in [0.29, 0.717) is 32.9 Å². The zero-order chi connectivity index (χ0) is 55.4. The summed E-state index contributed by atoms with van der Waals surface area (Å²) in [6.07, 6.45) is -17.5. The Balaban J connectivity index is 1.46. The third kappa shape index (κ3) is 11.1. The number of methoxy groups -OCH3 is 2. The Bertz CT molecular complexity index is 3160. The van der Waals surface area contributed by atoms with Gasteiger partial charge in [0.05, 0.1) is 63.9 Å². The van der Waals surface area contributed by atoms with Crippen molar-refractivity contribution in [2.24, 2.45) is 7.05 Å². The topological polar surface area (TPSA) is 267 Å². The van der Waals surface area contributed by atoms with Gasteiger partial charge in [0.15, 0.2) is 0 Å². The molecule has 0 unspecified atom stereocenters. The van der Waals surface area contributed by atoms with E-state index in [-0.39, 0.29) is 43.2 Å². The first-order chi connectivity index (χ1) is 33.7. The molecule has 0 aliphatic carbocycles. The Morgan fingerprint density at radius 3 is 1.30 bits per heavy atom. The van der Waals surface area contributed by atoms with Crippen molar-refractivity contribution in [1.82, 2.24) is 27.4 Å². The number of nitrogens with zero attached hydrogens (tertiary/aromatic N) is 6. The maximum atomic E-state index is 14.6. The highest BCUT2D eigenvalue weighted by molar-refractivity contribution is 5.99. The summed E-state index contributed by atoms with van der Waals surface area (Å²) in [5.74, 6) is -40.5. The molecule has 0 bridgehead atoms. The molecular formula is C39H36F12N6O16. The van der Waals surface area contributed by atoms with E-state index in [1.54, 1.807) is 0 Å². The molecule has 1 N–H and O–H groups in total. The minimum atomic E-state index is -8.34. The number of halogens is 12. The second-order valence-corrected chi connectivity index (χ2v) is 14.9. The molecule has 73 heavy (non-hydrogen) atoms. The number of aromatic nitrogens is 6. The van der Waals surface area contributed by atoms with Crippen molar-refractivity contribution in [3.63, 3.8) is 0 Å². The summed E-state index contributed by atoms with van der Waals surface area (Å²) >= 11 is 0. The maximum Gasteiger partial charge on any atom is 0.473 e. The number of carbonyl (C=O) groups excluding carboxylic acids is 4. The van der Waals surface area contributed by atoms with E-state index < -0.39 is 152 Å². The quantitative estimate of drug-likeness (QED) is 0.0615. The number of rotatable bonds is 23. The maximum absolute atomic E-state index is 14.6. The molecule has 0 spiro atoms. The van der Waals surface area contributed by atoms with Crippen molar-refractivity contribution in [3.8, 4) is 0 Å². The van der Waals surface area contributed by atoms with Crippen LogP contribution in [0.3, 0.4) is 0 Å². The highest BCUT2D eigenvalue weighted by Crippen LogP contribution is 2.60. The van der Waals surface area contributed by atoms with Gasteiger partial charge in [0.25, 0.3) is 0 Å². The lowest BCUT2D eigenvalue weighted by Gasteiger charge is -2.39. The van der Waals surface area contributed by atoms with Crippen LogP contribution in [-0.2, 0) is 73.0 Å². The van der Waals surface area contributed by atoms with Crippen LogP contribution in [0.25, 0.3) is 10.8 Å². The molecule has 2 aromatic heterocycles. The van der Waals surface area contributed by atoms with Gasteiger partial charge in [-0.1, -0.05) is 12.1 Å². The van der Waals surface area contributed by atoms with Crippen molar-refractivity contribution >= 4 is 34.6 Å². The van der Waals surface area contributed by atoms with E-state index in [9.17, 15) is 106 Å². The minimum absolute atomic E-state index is 0.0375. The summed E-state index contributed by atoms with van der Waals surface area (Å²) in [6, 6.07) is 5.12. The smallest absolute Gasteiger partial charge is 0.465 e. The molecule has 0 fully saturated rings. The van der Waals surface area contributed by atoms with E-state index in [0.717, 1.165) is 31.4 Å². The van der Waals surface area contributed by atoms with Gasteiger partial charge in [-0.25, -0.2) is 65.8 Å². The number of benzene rings is 2. The van der Waals surface area contributed by atoms with Crippen molar-refractivity contribution < 1.29 is 101 Å². The summed E-state index contributed by atoms with van der Waals surface area (Å²) in [4.78, 5) is 125. The van der Waals surface area contributed by atoms with Crippen LogP contribution >= 0.6 is 0 Å². The van der Waals surface area contributed by atoms with Gasteiger partial charge in [-0.05, 0) is 35.0 Å². The zero-order valence-corrected chi connectivity index (χ0v) is 37.3. The number of aliphatic hydroxyl groups is 1. The van der Waals surface area contributed by atoms with Gasteiger partial charge in [0.1, 0.15) is 6.61 Å². The van der Waals surface area contributed by atoms with Gasteiger partial charge in [-0.15, -0.1) is 0 Å². The van der Waals surface area contributed by atoms with Crippen molar-refractivity contribution in [2.45, 2.75) is 81.5 Å². The zero-order valence-electron chi connectivity index (χ0n) is 37.3. The molecule has 0 atom stereocenters. The number of fused-ring (bicyclic) bond motifs is 1. The number of hydrogen-bond acceptors (Lipinski definition) is 16. The number of carbonyl (C=O) groups is 4. The van der Waals surface area contributed by atoms with Gasteiger partial charge in [0, 0.05) is 27.2 Å².